The van der Waals surface area contributed by atoms with E-state index < -0.39 is 0 Å². The summed E-state index contributed by atoms with van der Waals surface area (Å²) in [5.41, 5.74) is 3.06. The molecule has 2 aromatic rings. The third-order valence-electron chi connectivity index (χ3n) is 5.23. The van der Waals surface area contributed by atoms with Crippen LogP contribution in [0.4, 0.5) is 10.5 Å². The summed E-state index contributed by atoms with van der Waals surface area (Å²) in [5.74, 6) is 1.09. The quantitative estimate of drug-likeness (QED) is 0.632. The maximum atomic E-state index is 12.9. The Hall–Kier alpha value is -3.26. The number of carbonyl (C=O) groups is 2. The van der Waals surface area contributed by atoms with E-state index in [0.717, 1.165) is 17.5 Å². The van der Waals surface area contributed by atoms with Crippen molar-refractivity contribution in [1.29, 1.82) is 0 Å². The lowest BCUT2D eigenvalue weighted by Crippen LogP contribution is -2.39. The molecule has 8 heteroatoms. The lowest BCUT2D eigenvalue weighted by atomic mass is 9.99. The number of benzene rings is 2. The van der Waals surface area contributed by atoms with Crippen molar-refractivity contribution in [3.05, 3.63) is 53.1 Å². The first-order valence-electron chi connectivity index (χ1n) is 10.2. The fraction of sp³-hybridized carbons (Fsp3) is 0.391. The van der Waals surface area contributed by atoms with Crippen LogP contribution in [0.2, 0.25) is 0 Å². The average molecular weight is 428 g/mol. The summed E-state index contributed by atoms with van der Waals surface area (Å²) in [7, 11) is 4.82. The predicted molar refractivity (Wildman–Crippen MR) is 118 cm³/mol. The third-order valence-corrected chi connectivity index (χ3v) is 5.23. The smallest absolute Gasteiger partial charge is 0.322 e. The number of hydrogen-bond acceptors (Lipinski definition) is 5. The average Bonchev–Trinajstić information content (AvgIpc) is 2.80. The van der Waals surface area contributed by atoms with Crippen LogP contribution in [-0.4, -0.2) is 57.9 Å². The minimum atomic E-state index is -0.250. The number of anilines is 1. The van der Waals surface area contributed by atoms with Gasteiger partial charge in [-0.25, -0.2) is 4.79 Å². The number of fused-ring (bicyclic) bond motifs is 1. The van der Waals surface area contributed by atoms with Gasteiger partial charge < -0.3 is 29.7 Å². The first kappa shape index (κ1) is 22.4. The fourth-order valence-corrected chi connectivity index (χ4v) is 3.55. The fourth-order valence-electron chi connectivity index (χ4n) is 3.55. The van der Waals surface area contributed by atoms with E-state index in [1.165, 1.54) is 0 Å². The van der Waals surface area contributed by atoms with Crippen molar-refractivity contribution in [3.63, 3.8) is 0 Å². The van der Waals surface area contributed by atoms with Crippen molar-refractivity contribution in [2.75, 3.05) is 46.3 Å². The van der Waals surface area contributed by atoms with Gasteiger partial charge in [-0.15, -0.1) is 0 Å². The van der Waals surface area contributed by atoms with E-state index in [9.17, 15) is 9.59 Å². The number of amides is 3. The van der Waals surface area contributed by atoms with E-state index in [-0.39, 0.29) is 11.9 Å². The molecule has 0 aromatic heterocycles. The van der Waals surface area contributed by atoms with Gasteiger partial charge in [0, 0.05) is 33.4 Å². The van der Waals surface area contributed by atoms with Crippen LogP contribution in [0.1, 0.15) is 27.9 Å². The SMILES string of the molecule is COCCCNC(=O)c1ccccc1NC(=O)N1CCc2cc(OC)c(OC)cc2C1. The van der Waals surface area contributed by atoms with Crippen molar-refractivity contribution in [1.82, 2.24) is 10.2 Å². The standard InChI is InChI=1S/C23H29N3O5/c1-29-12-6-10-24-22(27)18-7-4-5-8-19(18)25-23(28)26-11-9-16-13-20(30-2)21(31-3)14-17(16)15-26/h4-5,7-8,13-14H,6,9-12,15H2,1-3H3,(H,24,27)(H,25,28). The Kier molecular flexibility index (Phi) is 7.72. The van der Waals surface area contributed by atoms with Gasteiger partial charge in [0.05, 0.1) is 25.5 Å². The number of ether oxygens (including phenoxy) is 3. The minimum Gasteiger partial charge on any atom is -0.493 e. The summed E-state index contributed by atoms with van der Waals surface area (Å²) in [5, 5.41) is 5.74. The van der Waals surface area contributed by atoms with Gasteiger partial charge in [-0.2, -0.15) is 0 Å². The molecular weight excluding hydrogens is 398 g/mol. The van der Waals surface area contributed by atoms with E-state index >= 15 is 0 Å². The number of methoxy groups -OCH3 is 3. The van der Waals surface area contributed by atoms with Gasteiger partial charge in [0.1, 0.15) is 0 Å². The predicted octanol–water partition coefficient (Wildman–Crippen LogP) is 3.06. The van der Waals surface area contributed by atoms with Crippen molar-refractivity contribution in [2.24, 2.45) is 0 Å². The summed E-state index contributed by atoms with van der Waals surface area (Å²) >= 11 is 0. The van der Waals surface area contributed by atoms with Gasteiger partial charge >= 0.3 is 6.03 Å². The second-order valence-electron chi connectivity index (χ2n) is 7.23. The zero-order valence-corrected chi connectivity index (χ0v) is 18.2. The highest BCUT2D eigenvalue weighted by atomic mass is 16.5. The highest BCUT2D eigenvalue weighted by molar-refractivity contribution is 6.03. The molecule has 0 radical (unpaired) electrons. The molecule has 0 fully saturated rings. The Labute approximate surface area is 182 Å². The molecular formula is C23H29N3O5. The molecule has 1 heterocycles. The monoisotopic (exact) mass is 427 g/mol. The summed E-state index contributed by atoms with van der Waals surface area (Å²) in [4.78, 5) is 27.2. The number of urea groups is 1. The number of para-hydroxylation sites is 1. The van der Waals surface area contributed by atoms with E-state index in [1.54, 1.807) is 50.5 Å². The maximum Gasteiger partial charge on any atom is 0.322 e. The Balaban J connectivity index is 1.68. The zero-order chi connectivity index (χ0) is 22.2. The normalized spacial score (nSPS) is 12.7. The van der Waals surface area contributed by atoms with Gasteiger partial charge in [-0.3, -0.25) is 4.79 Å². The van der Waals surface area contributed by atoms with Crippen LogP contribution < -0.4 is 20.1 Å². The number of carbonyl (C=O) groups excluding carboxylic acids is 2. The first-order chi connectivity index (χ1) is 15.1. The molecule has 0 saturated carbocycles. The molecule has 166 valence electrons. The van der Waals surface area contributed by atoms with Crippen molar-refractivity contribution < 1.29 is 23.8 Å². The first-order valence-corrected chi connectivity index (χ1v) is 10.2. The van der Waals surface area contributed by atoms with Gasteiger partial charge in [0.25, 0.3) is 5.91 Å². The molecule has 0 saturated heterocycles. The molecule has 0 unspecified atom stereocenters. The number of rotatable bonds is 8. The molecule has 3 rings (SSSR count). The van der Waals surface area contributed by atoms with Crippen LogP contribution in [0.3, 0.4) is 0 Å². The Bertz CT molecular complexity index is 931. The topological polar surface area (TPSA) is 89.1 Å². The molecule has 0 atom stereocenters. The number of hydrogen-bond donors (Lipinski definition) is 2. The Morgan fingerprint density at radius 1 is 1.03 bits per heavy atom. The number of nitrogens with one attached hydrogen (secondary N) is 2. The largest absolute Gasteiger partial charge is 0.493 e. The summed E-state index contributed by atoms with van der Waals surface area (Å²) < 4.78 is 15.8. The molecule has 31 heavy (non-hydrogen) atoms. The van der Waals surface area contributed by atoms with Crippen LogP contribution >= 0.6 is 0 Å². The lowest BCUT2D eigenvalue weighted by molar-refractivity contribution is 0.0949. The third kappa shape index (κ3) is 5.46. The summed E-state index contributed by atoms with van der Waals surface area (Å²) in [6, 6.07) is 10.6. The second kappa shape index (κ2) is 10.7. The molecule has 1 aliphatic rings. The summed E-state index contributed by atoms with van der Waals surface area (Å²) in [6.07, 6.45) is 1.43. The summed E-state index contributed by atoms with van der Waals surface area (Å²) in [6.45, 7) is 2.10. The molecule has 2 aromatic carbocycles. The molecule has 0 spiro atoms. The minimum absolute atomic E-state index is 0.229. The van der Waals surface area contributed by atoms with Gasteiger partial charge in [0.2, 0.25) is 0 Å². The second-order valence-corrected chi connectivity index (χ2v) is 7.23. The van der Waals surface area contributed by atoms with Crippen LogP contribution in [-0.2, 0) is 17.7 Å². The van der Waals surface area contributed by atoms with Crippen LogP contribution in [0.5, 0.6) is 11.5 Å². The van der Waals surface area contributed by atoms with Crippen LogP contribution in [0, 0.1) is 0 Å². The molecule has 0 bridgehead atoms. The van der Waals surface area contributed by atoms with Crippen molar-refractivity contribution in [2.45, 2.75) is 19.4 Å². The zero-order valence-electron chi connectivity index (χ0n) is 18.2. The highest BCUT2D eigenvalue weighted by Gasteiger charge is 2.24. The van der Waals surface area contributed by atoms with Gasteiger partial charge in [-0.1, -0.05) is 12.1 Å². The lowest BCUT2D eigenvalue weighted by Gasteiger charge is -2.30. The molecule has 0 aliphatic carbocycles. The molecule has 2 N–H and O–H groups in total. The van der Waals surface area contributed by atoms with Gasteiger partial charge in [-0.05, 0) is 48.2 Å². The van der Waals surface area contributed by atoms with Crippen molar-refractivity contribution >= 4 is 17.6 Å². The van der Waals surface area contributed by atoms with E-state index in [4.69, 9.17) is 14.2 Å². The molecule has 8 nitrogen and oxygen atoms in total. The number of nitrogens with zero attached hydrogens (tertiary/aromatic N) is 1. The van der Waals surface area contributed by atoms with Gasteiger partial charge in [0.15, 0.2) is 11.5 Å². The van der Waals surface area contributed by atoms with Crippen LogP contribution in [0.25, 0.3) is 0 Å². The Morgan fingerprint density at radius 3 is 2.45 bits per heavy atom. The van der Waals surface area contributed by atoms with Crippen LogP contribution in [0.15, 0.2) is 36.4 Å². The Morgan fingerprint density at radius 2 is 1.74 bits per heavy atom. The highest BCUT2D eigenvalue weighted by Crippen LogP contribution is 2.33. The maximum absolute atomic E-state index is 12.9. The van der Waals surface area contributed by atoms with E-state index in [0.29, 0.717) is 55.4 Å². The van der Waals surface area contributed by atoms with E-state index in [2.05, 4.69) is 10.6 Å². The van der Waals surface area contributed by atoms with Crippen molar-refractivity contribution in [3.8, 4) is 11.5 Å². The van der Waals surface area contributed by atoms with E-state index in [1.807, 2.05) is 12.1 Å². The molecule has 3 amide bonds. The molecule has 1 aliphatic heterocycles.